The first-order valence-corrected chi connectivity index (χ1v) is 9.28. The lowest BCUT2D eigenvalue weighted by Gasteiger charge is -2.30. The summed E-state index contributed by atoms with van der Waals surface area (Å²) < 4.78 is 13.7. The zero-order valence-corrected chi connectivity index (χ0v) is 15.8. The highest BCUT2D eigenvalue weighted by Crippen LogP contribution is 2.14. The highest BCUT2D eigenvalue weighted by atomic mass is 19.1. The van der Waals surface area contributed by atoms with Crippen LogP contribution in [0.1, 0.15) is 30.9 Å². The summed E-state index contributed by atoms with van der Waals surface area (Å²) >= 11 is 0. The molecule has 0 saturated carbocycles. The maximum atomic E-state index is 13.7. The van der Waals surface area contributed by atoms with Crippen molar-refractivity contribution in [2.45, 2.75) is 32.4 Å². The molecular weight excluding hydrogens is 339 g/mol. The predicted octanol–water partition coefficient (Wildman–Crippen LogP) is 1.69. The second-order valence-electron chi connectivity index (χ2n) is 7.17. The predicted molar refractivity (Wildman–Crippen MR) is 110 cm³/mol. The zero-order valence-electron chi connectivity index (χ0n) is 15.8. The Morgan fingerprint density at radius 1 is 1.19 bits per heavy atom. The Bertz CT molecular complexity index is 943. The van der Waals surface area contributed by atoms with Crippen LogP contribution >= 0.6 is 0 Å². The number of nitrogens with two attached hydrogens (primary N) is 2. The van der Waals surface area contributed by atoms with Crippen molar-refractivity contribution in [1.29, 1.82) is 0 Å². The van der Waals surface area contributed by atoms with Gasteiger partial charge in [0.05, 0.1) is 0 Å². The Balaban J connectivity index is 2.07. The van der Waals surface area contributed by atoms with Crippen molar-refractivity contribution in [3.05, 3.63) is 69.8 Å². The van der Waals surface area contributed by atoms with E-state index in [9.17, 15) is 4.39 Å². The lowest BCUT2D eigenvalue weighted by molar-refractivity contribution is 0.205. The van der Waals surface area contributed by atoms with E-state index in [2.05, 4.69) is 28.7 Å². The van der Waals surface area contributed by atoms with Crippen molar-refractivity contribution in [1.82, 2.24) is 4.90 Å². The third-order valence-electron chi connectivity index (χ3n) is 5.23. The molecule has 1 saturated heterocycles. The normalized spacial score (nSPS) is 18.2. The molecule has 4 N–H and O–H groups in total. The average molecular weight is 366 g/mol. The van der Waals surface area contributed by atoms with Crippen molar-refractivity contribution < 1.29 is 4.39 Å². The maximum absolute atomic E-state index is 13.7. The van der Waals surface area contributed by atoms with E-state index in [1.54, 1.807) is 6.07 Å². The molecule has 2 aromatic carbocycles. The largest absolute Gasteiger partial charge is 0.383 e. The smallest absolute Gasteiger partial charge is 0.130 e. The Kier molecular flexibility index (Phi) is 6.04. The first kappa shape index (κ1) is 19.3. The van der Waals surface area contributed by atoms with Crippen LogP contribution in [0, 0.1) is 5.82 Å². The van der Waals surface area contributed by atoms with Crippen LogP contribution in [0.4, 0.5) is 4.39 Å². The van der Waals surface area contributed by atoms with Gasteiger partial charge in [0, 0.05) is 17.8 Å². The van der Waals surface area contributed by atoms with Crippen molar-refractivity contribution in [3.63, 3.8) is 0 Å². The lowest BCUT2D eigenvalue weighted by atomic mass is 10.0. The number of hydrogen-bond donors (Lipinski definition) is 2. The highest BCUT2D eigenvalue weighted by molar-refractivity contribution is 5.65. The zero-order chi connectivity index (χ0) is 19.4. The summed E-state index contributed by atoms with van der Waals surface area (Å²) in [5.74, 6) is 0.115. The molecule has 0 aromatic heterocycles. The van der Waals surface area contributed by atoms with Gasteiger partial charge >= 0.3 is 0 Å². The molecule has 2 aromatic rings. The molecule has 1 fully saturated rings. The molecule has 0 bridgehead atoms. The molecule has 3 rings (SSSR count). The molecule has 1 heterocycles. The molecular formula is C22H27FN4. The van der Waals surface area contributed by atoms with E-state index >= 15 is 0 Å². The molecule has 142 valence electrons. The minimum Gasteiger partial charge on any atom is -0.383 e. The van der Waals surface area contributed by atoms with Crippen LogP contribution in [0.15, 0.2) is 47.5 Å². The summed E-state index contributed by atoms with van der Waals surface area (Å²) in [6.07, 6.45) is 2.06. The molecule has 0 amide bonds. The Morgan fingerprint density at radius 2 is 1.93 bits per heavy atom. The van der Waals surface area contributed by atoms with E-state index in [1.807, 2.05) is 19.1 Å². The number of rotatable bonds is 4. The van der Waals surface area contributed by atoms with Crippen LogP contribution in [0.5, 0.6) is 0 Å². The minimum absolute atomic E-state index is 0.256. The molecule has 0 unspecified atom stereocenters. The molecule has 0 radical (unpaired) electrons. The van der Waals surface area contributed by atoms with Gasteiger partial charge in [-0.05, 0) is 79.7 Å². The molecule has 1 aliphatic heterocycles. The standard InChI is InChI=1S/C22H27FN4/c1-15(17-4-3-5-18(23)13-17)21-12-16(6-7-20(21)22(25)26-2)14-27-10-8-19(24)9-11-27/h3-7,12-13,19H,2,8-11,14,24-25H2,1H3/b21-15+,22-20-. The molecule has 0 spiro atoms. The van der Waals surface area contributed by atoms with Crippen LogP contribution in [-0.2, 0) is 6.54 Å². The van der Waals surface area contributed by atoms with E-state index in [0.717, 1.165) is 54.0 Å². The number of hydrogen-bond acceptors (Lipinski definition) is 4. The summed E-state index contributed by atoms with van der Waals surface area (Å²) in [4.78, 5) is 6.31. The number of aliphatic imine (C=N–C) groups is 1. The second-order valence-corrected chi connectivity index (χ2v) is 7.17. The molecule has 0 aliphatic carbocycles. The van der Waals surface area contributed by atoms with E-state index in [0.29, 0.717) is 11.9 Å². The minimum atomic E-state index is -0.256. The first-order valence-electron chi connectivity index (χ1n) is 9.28. The average Bonchev–Trinajstić information content (AvgIpc) is 2.68. The van der Waals surface area contributed by atoms with Crippen LogP contribution < -0.4 is 21.9 Å². The molecule has 27 heavy (non-hydrogen) atoms. The van der Waals surface area contributed by atoms with Gasteiger partial charge in [-0.2, -0.15) is 0 Å². The van der Waals surface area contributed by atoms with Gasteiger partial charge in [0.15, 0.2) is 0 Å². The quantitative estimate of drug-likeness (QED) is 0.810. The first-order chi connectivity index (χ1) is 13.0. The third-order valence-corrected chi connectivity index (χ3v) is 5.23. The number of halogens is 1. The van der Waals surface area contributed by atoms with Crippen LogP contribution in [0.25, 0.3) is 11.4 Å². The summed E-state index contributed by atoms with van der Waals surface area (Å²) in [6, 6.07) is 13.1. The summed E-state index contributed by atoms with van der Waals surface area (Å²) in [5.41, 5.74) is 15.0. The van der Waals surface area contributed by atoms with Crippen LogP contribution in [0.2, 0.25) is 0 Å². The molecule has 0 atom stereocenters. The van der Waals surface area contributed by atoms with E-state index in [-0.39, 0.29) is 5.82 Å². The third kappa shape index (κ3) is 4.62. The van der Waals surface area contributed by atoms with E-state index in [4.69, 9.17) is 11.5 Å². The number of likely N-dealkylation sites (tertiary alicyclic amines) is 1. The summed E-state index contributed by atoms with van der Waals surface area (Å²) in [5, 5.41) is 1.77. The SMILES string of the molecule is C=N/C(N)=c1/ccc(CN2CCC(N)CC2)c/c1=C(/C)c1cccc(F)c1. The van der Waals surface area contributed by atoms with Gasteiger partial charge in [-0.15, -0.1) is 0 Å². The Labute approximate surface area is 159 Å². The highest BCUT2D eigenvalue weighted by Gasteiger charge is 2.16. The lowest BCUT2D eigenvalue weighted by Crippen LogP contribution is -2.39. The van der Waals surface area contributed by atoms with Crippen LogP contribution in [-0.4, -0.2) is 30.7 Å². The van der Waals surface area contributed by atoms with Crippen LogP contribution in [0.3, 0.4) is 0 Å². The van der Waals surface area contributed by atoms with Gasteiger partial charge in [-0.25, -0.2) is 9.38 Å². The summed E-state index contributed by atoms with van der Waals surface area (Å²) in [6.45, 7) is 8.40. The van der Waals surface area contributed by atoms with Gasteiger partial charge in [0.1, 0.15) is 11.6 Å². The van der Waals surface area contributed by atoms with Gasteiger partial charge in [0.2, 0.25) is 0 Å². The van der Waals surface area contributed by atoms with Crippen molar-refractivity contribution in [2.24, 2.45) is 16.5 Å². The Morgan fingerprint density at radius 3 is 2.59 bits per heavy atom. The van der Waals surface area contributed by atoms with E-state index in [1.165, 1.54) is 17.7 Å². The van der Waals surface area contributed by atoms with Gasteiger partial charge in [-0.1, -0.05) is 24.3 Å². The fourth-order valence-electron chi connectivity index (χ4n) is 3.56. The van der Waals surface area contributed by atoms with Crippen molar-refractivity contribution in [3.8, 4) is 0 Å². The molecule has 5 heteroatoms. The summed E-state index contributed by atoms with van der Waals surface area (Å²) in [7, 11) is 0. The fourth-order valence-corrected chi connectivity index (χ4v) is 3.56. The Hall–Kier alpha value is -2.50. The molecule has 1 aliphatic rings. The topological polar surface area (TPSA) is 67.6 Å². The number of benzene rings is 2. The van der Waals surface area contributed by atoms with Gasteiger partial charge in [0.25, 0.3) is 0 Å². The number of piperidine rings is 1. The molecule has 4 nitrogen and oxygen atoms in total. The second kappa shape index (κ2) is 8.46. The van der Waals surface area contributed by atoms with Gasteiger partial charge in [-0.3, -0.25) is 4.90 Å². The fraction of sp³-hybridized carbons (Fsp3) is 0.318. The van der Waals surface area contributed by atoms with Gasteiger partial charge < -0.3 is 11.5 Å². The maximum Gasteiger partial charge on any atom is 0.130 e. The monoisotopic (exact) mass is 366 g/mol. The van der Waals surface area contributed by atoms with Crippen molar-refractivity contribution in [2.75, 3.05) is 13.1 Å². The number of nitrogens with zero attached hydrogens (tertiary/aromatic N) is 2. The van der Waals surface area contributed by atoms with Crippen molar-refractivity contribution >= 4 is 18.1 Å². The van der Waals surface area contributed by atoms with E-state index < -0.39 is 0 Å².